The maximum atomic E-state index is 13.7. The molecule has 3 fully saturated rings. The first-order valence-corrected chi connectivity index (χ1v) is 10.4. The Morgan fingerprint density at radius 1 is 1.29 bits per heavy atom. The monoisotopic (exact) mass is 425 g/mol. The Morgan fingerprint density at radius 3 is 2.84 bits per heavy atom. The van der Waals surface area contributed by atoms with E-state index in [1.54, 1.807) is 18.5 Å². The number of halogens is 1. The lowest BCUT2D eigenvalue weighted by Gasteiger charge is -2.38. The lowest BCUT2D eigenvalue weighted by atomic mass is 9.89. The van der Waals surface area contributed by atoms with E-state index in [4.69, 9.17) is 16.2 Å². The van der Waals surface area contributed by atoms with Gasteiger partial charge in [-0.05, 0) is 30.5 Å². The molecule has 1 amide bonds. The van der Waals surface area contributed by atoms with Crippen LogP contribution in [0.15, 0.2) is 36.9 Å². The number of piperidine rings is 1. The van der Waals surface area contributed by atoms with Crippen LogP contribution < -0.4 is 16.4 Å². The molecule has 1 spiro atoms. The predicted octanol–water partition coefficient (Wildman–Crippen LogP) is 1.74. The number of fused-ring (bicyclic) bond motifs is 1. The fourth-order valence-corrected chi connectivity index (χ4v) is 4.84. The number of carbonyl (C=O) groups excluding carboxylic acids is 1. The number of hydrogen-bond acceptors (Lipinski definition) is 8. The summed E-state index contributed by atoms with van der Waals surface area (Å²) in [6.45, 7) is 1.14. The highest BCUT2D eigenvalue weighted by Gasteiger charge is 2.58. The highest BCUT2D eigenvalue weighted by atomic mass is 19.1. The summed E-state index contributed by atoms with van der Waals surface area (Å²) in [5.41, 5.74) is 11.8. The number of nitrogens with two attached hydrogens (primary N) is 2. The smallest absolute Gasteiger partial charge is 0.257 e. The lowest BCUT2D eigenvalue weighted by molar-refractivity contribution is -0.140. The molecule has 4 N–H and O–H groups in total. The minimum Gasteiger partial charge on any atom is -0.402 e. The molecular formula is C21H24FN7O2. The first-order valence-electron chi connectivity index (χ1n) is 10.4. The fraction of sp³-hybridized carbons (Fsp3) is 0.429. The van der Waals surface area contributed by atoms with E-state index >= 15 is 0 Å². The maximum Gasteiger partial charge on any atom is 0.257 e. The maximum absolute atomic E-state index is 13.7. The van der Waals surface area contributed by atoms with Gasteiger partial charge in [0.25, 0.3) is 5.91 Å². The zero-order chi connectivity index (χ0) is 21.6. The van der Waals surface area contributed by atoms with E-state index in [2.05, 4.69) is 15.0 Å². The molecule has 9 nitrogen and oxygen atoms in total. The Bertz CT molecular complexity index is 1040. The van der Waals surface area contributed by atoms with Crippen LogP contribution in [0, 0.1) is 0 Å². The molecular weight excluding hydrogens is 401 g/mol. The summed E-state index contributed by atoms with van der Waals surface area (Å²) in [5, 5.41) is 0. The molecule has 2 aromatic rings. The molecule has 0 saturated carbocycles. The third-order valence-electron chi connectivity index (χ3n) is 6.38. The SMILES string of the molecule is N/C=C(/F)c1nccc(N2CCC3(CC2)OC2CCC(c4cncc(N)c4)N2C3=O)n1. The summed E-state index contributed by atoms with van der Waals surface area (Å²) < 4.78 is 20.1. The van der Waals surface area contributed by atoms with Crippen molar-refractivity contribution in [1.82, 2.24) is 19.9 Å². The molecule has 3 aliphatic rings. The van der Waals surface area contributed by atoms with E-state index in [9.17, 15) is 9.18 Å². The minimum atomic E-state index is -0.828. The number of pyridine rings is 1. The number of ether oxygens (including phenoxy) is 1. The number of amides is 1. The number of nitrogens with zero attached hydrogens (tertiary/aromatic N) is 5. The molecule has 0 bridgehead atoms. The quantitative estimate of drug-likeness (QED) is 0.762. The number of nitrogen functional groups attached to an aromatic ring is 1. The van der Waals surface area contributed by atoms with Crippen molar-refractivity contribution >= 4 is 23.2 Å². The van der Waals surface area contributed by atoms with Crippen LogP contribution in [0.5, 0.6) is 0 Å². The van der Waals surface area contributed by atoms with Crippen molar-refractivity contribution in [3.05, 3.63) is 48.3 Å². The van der Waals surface area contributed by atoms with Crippen molar-refractivity contribution in [2.75, 3.05) is 23.7 Å². The molecule has 0 aliphatic carbocycles. The van der Waals surface area contributed by atoms with Gasteiger partial charge in [0.2, 0.25) is 0 Å². The number of aromatic nitrogens is 3. The van der Waals surface area contributed by atoms with Gasteiger partial charge >= 0.3 is 0 Å². The van der Waals surface area contributed by atoms with Crippen LogP contribution in [0.1, 0.15) is 43.1 Å². The van der Waals surface area contributed by atoms with E-state index in [0.717, 1.165) is 24.6 Å². The van der Waals surface area contributed by atoms with E-state index in [0.29, 0.717) is 37.4 Å². The van der Waals surface area contributed by atoms with Crippen molar-refractivity contribution in [2.45, 2.75) is 43.6 Å². The predicted molar refractivity (Wildman–Crippen MR) is 112 cm³/mol. The first kappa shape index (κ1) is 19.7. The van der Waals surface area contributed by atoms with Crippen LogP contribution in [-0.2, 0) is 9.53 Å². The molecule has 3 saturated heterocycles. The molecule has 0 aromatic carbocycles. The number of anilines is 2. The lowest BCUT2D eigenvalue weighted by Crippen LogP contribution is -2.50. The van der Waals surface area contributed by atoms with E-state index in [-0.39, 0.29) is 24.0 Å². The van der Waals surface area contributed by atoms with Gasteiger partial charge in [-0.15, -0.1) is 0 Å². The second-order valence-electron chi connectivity index (χ2n) is 8.16. The molecule has 0 radical (unpaired) electrons. The Morgan fingerprint density at radius 2 is 2.10 bits per heavy atom. The van der Waals surface area contributed by atoms with Crippen molar-refractivity contribution < 1.29 is 13.9 Å². The zero-order valence-corrected chi connectivity index (χ0v) is 16.9. The molecule has 5 heterocycles. The summed E-state index contributed by atoms with van der Waals surface area (Å²) in [6, 6.07) is 3.54. The average molecular weight is 425 g/mol. The highest BCUT2D eigenvalue weighted by molar-refractivity contribution is 5.88. The first-order chi connectivity index (χ1) is 15.0. The second kappa shape index (κ2) is 7.45. The largest absolute Gasteiger partial charge is 0.402 e. The van der Waals surface area contributed by atoms with Gasteiger partial charge in [0, 0.05) is 50.7 Å². The van der Waals surface area contributed by atoms with Gasteiger partial charge in [-0.1, -0.05) is 0 Å². The average Bonchev–Trinajstić information content (AvgIpc) is 3.32. The number of carbonyl (C=O) groups is 1. The standard InChI is InChI=1S/C21H24FN7O2/c22-15(10-23)19-26-6-3-17(27-19)28-7-4-21(5-8-28)20(30)29-16(1-2-18(29)31-21)13-9-14(24)12-25-11-13/h3,6,9-12,16,18H,1-2,4-5,7-8,23-24H2/b15-10+. The summed E-state index contributed by atoms with van der Waals surface area (Å²) in [5.74, 6) is -0.0888. The number of hydrogen-bond donors (Lipinski definition) is 2. The van der Waals surface area contributed by atoms with Crippen molar-refractivity contribution in [3.63, 3.8) is 0 Å². The molecule has 5 rings (SSSR count). The van der Waals surface area contributed by atoms with Crippen LogP contribution in [0.25, 0.3) is 5.83 Å². The molecule has 2 unspecified atom stereocenters. The topological polar surface area (TPSA) is 123 Å². The van der Waals surface area contributed by atoms with Gasteiger partial charge in [0.15, 0.2) is 17.3 Å². The molecule has 31 heavy (non-hydrogen) atoms. The van der Waals surface area contributed by atoms with Gasteiger partial charge in [-0.3, -0.25) is 9.78 Å². The molecule has 3 aliphatic heterocycles. The molecule has 162 valence electrons. The molecule has 2 atom stereocenters. The van der Waals surface area contributed by atoms with Crippen LogP contribution >= 0.6 is 0 Å². The Labute approximate surface area is 178 Å². The van der Waals surface area contributed by atoms with Gasteiger partial charge in [0.1, 0.15) is 12.0 Å². The molecule has 2 aromatic heterocycles. The van der Waals surface area contributed by atoms with Crippen molar-refractivity contribution in [1.29, 1.82) is 0 Å². The summed E-state index contributed by atoms with van der Waals surface area (Å²) in [7, 11) is 0. The fourth-order valence-electron chi connectivity index (χ4n) is 4.84. The van der Waals surface area contributed by atoms with E-state index in [1.807, 2.05) is 15.9 Å². The minimum absolute atomic E-state index is 0.0301. The summed E-state index contributed by atoms with van der Waals surface area (Å²) >= 11 is 0. The molecule has 10 heteroatoms. The highest BCUT2D eigenvalue weighted by Crippen LogP contribution is 2.47. The number of rotatable bonds is 3. The van der Waals surface area contributed by atoms with E-state index in [1.165, 1.54) is 6.20 Å². The normalized spacial score (nSPS) is 25.3. The van der Waals surface area contributed by atoms with Gasteiger partial charge in [-0.25, -0.2) is 14.4 Å². The van der Waals surface area contributed by atoms with Gasteiger partial charge in [-0.2, -0.15) is 0 Å². The Balaban J connectivity index is 1.32. The van der Waals surface area contributed by atoms with Crippen LogP contribution in [0.3, 0.4) is 0 Å². The Hall–Kier alpha value is -3.27. The van der Waals surface area contributed by atoms with Crippen molar-refractivity contribution in [3.8, 4) is 0 Å². The van der Waals surface area contributed by atoms with Crippen LogP contribution in [-0.4, -0.2) is 50.7 Å². The summed E-state index contributed by atoms with van der Waals surface area (Å²) in [4.78, 5) is 29.7. The summed E-state index contributed by atoms with van der Waals surface area (Å²) in [6.07, 6.45) is 8.18. The van der Waals surface area contributed by atoms with Crippen LogP contribution in [0.2, 0.25) is 0 Å². The van der Waals surface area contributed by atoms with E-state index < -0.39 is 11.4 Å². The van der Waals surface area contributed by atoms with Crippen LogP contribution in [0.4, 0.5) is 15.9 Å². The Kier molecular flexibility index (Phi) is 4.73. The van der Waals surface area contributed by atoms with Crippen molar-refractivity contribution in [2.24, 2.45) is 5.73 Å². The zero-order valence-electron chi connectivity index (χ0n) is 16.9. The third kappa shape index (κ3) is 3.27. The second-order valence-corrected chi connectivity index (χ2v) is 8.16. The van der Waals surface area contributed by atoms with Gasteiger partial charge < -0.3 is 26.0 Å². The third-order valence-corrected chi connectivity index (χ3v) is 6.38. The van der Waals surface area contributed by atoms with Gasteiger partial charge in [0.05, 0.1) is 11.7 Å².